The predicted octanol–water partition coefficient (Wildman–Crippen LogP) is 4.02. The number of benzene rings is 1. The number of hydrogen-bond acceptors (Lipinski definition) is 2. The Morgan fingerprint density at radius 2 is 1.89 bits per heavy atom. The van der Waals surface area contributed by atoms with Crippen LogP contribution < -0.4 is 5.32 Å². The van der Waals surface area contributed by atoms with E-state index in [0.29, 0.717) is 12.1 Å². The normalized spacial score (nSPS) is 14.1. The maximum absolute atomic E-state index is 5.89. The quantitative estimate of drug-likeness (QED) is 0.891. The summed E-state index contributed by atoms with van der Waals surface area (Å²) in [5.41, 5.74) is 2.51. The highest BCUT2D eigenvalue weighted by Crippen LogP contribution is 2.14. The van der Waals surface area contributed by atoms with Crippen LogP contribution in [0.1, 0.15) is 31.0 Å². The summed E-state index contributed by atoms with van der Waals surface area (Å²) in [5, 5.41) is 4.37. The molecular weight excluding hydrogens is 256 g/mol. The first kappa shape index (κ1) is 14.0. The fourth-order valence-electron chi connectivity index (χ4n) is 2.19. The number of rotatable bonds is 5. The maximum Gasteiger partial charge on any atom is 0.0406 e. The van der Waals surface area contributed by atoms with Crippen LogP contribution in [0.3, 0.4) is 0 Å². The molecule has 0 aliphatic heterocycles. The van der Waals surface area contributed by atoms with Crippen LogP contribution in [0.25, 0.3) is 0 Å². The summed E-state index contributed by atoms with van der Waals surface area (Å²) in [6.45, 7) is 4.36. The van der Waals surface area contributed by atoms with Crippen LogP contribution in [0.15, 0.2) is 48.8 Å². The lowest BCUT2D eigenvalue weighted by molar-refractivity contribution is 0.476. The van der Waals surface area contributed by atoms with Gasteiger partial charge in [-0.3, -0.25) is 4.98 Å². The number of hydrogen-bond donors (Lipinski definition) is 1. The standard InChI is InChI=1S/C16H19ClN2/c1-12(10-14-5-7-16(17)8-6-14)19-13(2)15-4-3-9-18-11-15/h3-9,11-13,19H,10H2,1-2H3/t12?,13-/m1/s1. The van der Waals surface area contributed by atoms with E-state index in [4.69, 9.17) is 11.6 Å². The molecule has 0 saturated heterocycles. The van der Waals surface area contributed by atoms with E-state index >= 15 is 0 Å². The van der Waals surface area contributed by atoms with Crippen molar-refractivity contribution in [3.05, 3.63) is 64.9 Å². The van der Waals surface area contributed by atoms with Crippen molar-refractivity contribution in [2.24, 2.45) is 0 Å². The van der Waals surface area contributed by atoms with Crippen LogP contribution in [0.2, 0.25) is 5.02 Å². The van der Waals surface area contributed by atoms with Crippen LogP contribution >= 0.6 is 11.6 Å². The van der Waals surface area contributed by atoms with E-state index in [0.717, 1.165) is 11.4 Å². The molecule has 1 unspecified atom stereocenters. The molecule has 2 atom stereocenters. The first-order chi connectivity index (χ1) is 9.15. The molecule has 2 aromatic rings. The van der Waals surface area contributed by atoms with Gasteiger partial charge in [0.1, 0.15) is 0 Å². The van der Waals surface area contributed by atoms with Crippen molar-refractivity contribution in [2.75, 3.05) is 0 Å². The van der Waals surface area contributed by atoms with Crippen molar-refractivity contribution in [1.82, 2.24) is 10.3 Å². The van der Waals surface area contributed by atoms with Gasteiger partial charge in [-0.05, 0) is 49.6 Å². The fourth-order valence-corrected chi connectivity index (χ4v) is 2.31. The molecule has 2 rings (SSSR count). The lowest BCUT2D eigenvalue weighted by Gasteiger charge is -2.20. The highest BCUT2D eigenvalue weighted by molar-refractivity contribution is 6.30. The number of pyridine rings is 1. The minimum Gasteiger partial charge on any atom is -0.307 e. The summed E-state index contributed by atoms with van der Waals surface area (Å²) in [6.07, 6.45) is 4.70. The molecule has 1 aromatic heterocycles. The summed E-state index contributed by atoms with van der Waals surface area (Å²) in [4.78, 5) is 4.15. The summed E-state index contributed by atoms with van der Waals surface area (Å²) >= 11 is 5.89. The monoisotopic (exact) mass is 274 g/mol. The topological polar surface area (TPSA) is 24.9 Å². The Morgan fingerprint density at radius 1 is 1.16 bits per heavy atom. The average Bonchev–Trinajstić information content (AvgIpc) is 2.42. The fraction of sp³-hybridized carbons (Fsp3) is 0.312. The lowest BCUT2D eigenvalue weighted by atomic mass is 10.0. The summed E-state index contributed by atoms with van der Waals surface area (Å²) in [6, 6.07) is 12.8. The molecule has 0 radical (unpaired) electrons. The van der Waals surface area contributed by atoms with Crippen LogP contribution in [0.4, 0.5) is 0 Å². The van der Waals surface area contributed by atoms with E-state index < -0.39 is 0 Å². The van der Waals surface area contributed by atoms with E-state index in [1.807, 2.05) is 24.4 Å². The van der Waals surface area contributed by atoms with E-state index in [1.165, 1.54) is 11.1 Å². The van der Waals surface area contributed by atoms with Gasteiger partial charge in [-0.25, -0.2) is 0 Å². The highest BCUT2D eigenvalue weighted by atomic mass is 35.5. The van der Waals surface area contributed by atoms with Crippen molar-refractivity contribution in [3.8, 4) is 0 Å². The molecule has 0 aliphatic rings. The SMILES string of the molecule is CC(Cc1ccc(Cl)cc1)N[C@H](C)c1cccnc1. The van der Waals surface area contributed by atoms with E-state index in [9.17, 15) is 0 Å². The van der Waals surface area contributed by atoms with Crippen molar-refractivity contribution < 1.29 is 0 Å². The van der Waals surface area contributed by atoms with Crippen molar-refractivity contribution in [1.29, 1.82) is 0 Å². The highest BCUT2D eigenvalue weighted by Gasteiger charge is 2.09. The van der Waals surface area contributed by atoms with Crippen LogP contribution in [0, 0.1) is 0 Å². The van der Waals surface area contributed by atoms with Crippen molar-refractivity contribution >= 4 is 11.6 Å². The summed E-state index contributed by atoms with van der Waals surface area (Å²) in [5.74, 6) is 0. The van der Waals surface area contributed by atoms with Gasteiger partial charge in [0.15, 0.2) is 0 Å². The second-order valence-corrected chi connectivity index (χ2v) is 5.34. The van der Waals surface area contributed by atoms with Gasteiger partial charge in [-0.15, -0.1) is 0 Å². The second-order valence-electron chi connectivity index (χ2n) is 4.91. The van der Waals surface area contributed by atoms with Crippen LogP contribution in [0.5, 0.6) is 0 Å². The molecule has 19 heavy (non-hydrogen) atoms. The van der Waals surface area contributed by atoms with E-state index in [-0.39, 0.29) is 0 Å². The van der Waals surface area contributed by atoms with Gasteiger partial charge in [0.25, 0.3) is 0 Å². The van der Waals surface area contributed by atoms with Crippen molar-refractivity contribution in [2.45, 2.75) is 32.4 Å². The van der Waals surface area contributed by atoms with E-state index in [1.54, 1.807) is 6.20 Å². The Morgan fingerprint density at radius 3 is 2.53 bits per heavy atom. The Balaban J connectivity index is 1.90. The maximum atomic E-state index is 5.89. The molecule has 3 heteroatoms. The van der Waals surface area contributed by atoms with Gasteiger partial charge in [-0.2, -0.15) is 0 Å². The molecule has 1 N–H and O–H groups in total. The van der Waals surface area contributed by atoms with Crippen LogP contribution in [-0.4, -0.2) is 11.0 Å². The van der Waals surface area contributed by atoms with E-state index in [2.05, 4.69) is 42.3 Å². The number of halogens is 1. The van der Waals surface area contributed by atoms with Gasteiger partial charge in [0, 0.05) is 29.5 Å². The first-order valence-electron chi connectivity index (χ1n) is 6.55. The molecule has 0 amide bonds. The van der Waals surface area contributed by atoms with Gasteiger partial charge >= 0.3 is 0 Å². The zero-order valence-electron chi connectivity index (χ0n) is 11.3. The predicted molar refractivity (Wildman–Crippen MR) is 80.4 cm³/mol. The second kappa shape index (κ2) is 6.69. The molecule has 100 valence electrons. The Kier molecular flexibility index (Phi) is 4.94. The minimum absolute atomic E-state index is 0.302. The van der Waals surface area contributed by atoms with Crippen LogP contribution in [-0.2, 0) is 6.42 Å². The third-order valence-electron chi connectivity index (χ3n) is 3.17. The summed E-state index contributed by atoms with van der Waals surface area (Å²) < 4.78 is 0. The zero-order chi connectivity index (χ0) is 13.7. The van der Waals surface area contributed by atoms with Gasteiger partial charge in [-0.1, -0.05) is 29.8 Å². The molecule has 2 nitrogen and oxygen atoms in total. The number of aromatic nitrogens is 1. The average molecular weight is 275 g/mol. The number of nitrogens with one attached hydrogen (secondary N) is 1. The molecule has 0 fully saturated rings. The third kappa shape index (κ3) is 4.34. The molecule has 0 spiro atoms. The molecule has 0 saturated carbocycles. The molecule has 0 bridgehead atoms. The smallest absolute Gasteiger partial charge is 0.0406 e. The minimum atomic E-state index is 0.302. The Hall–Kier alpha value is -1.38. The first-order valence-corrected chi connectivity index (χ1v) is 6.93. The largest absolute Gasteiger partial charge is 0.307 e. The Labute approximate surface area is 119 Å². The Bertz CT molecular complexity index is 496. The molecule has 0 aliphatic carbocycles. The van der Waals surface area contributed by atoms with Gasteiger partial charge in [0.05, 0.1) is 0 Å². The summed E-state index contributed by atoms with van der Waals surface area (Å²) in [7, 11) is 0. The van der Waals surface area contributed by atoms with Gasteiger partial charge < -0.3 is 5.32 Å². The third-order valence-corrected chi connectivity index (χ3v) is 3.43. The van der Waals surface area contributed by atoms with Gasteiger partial charge in [0.2, 0.25) is 0 Å². The molecule has 1 heterocycles. The zero-order valence-corrected chi connectivity index (χ0v) is 12.1. The van der Waals surface area contributed by atoms with Crippen molar-refractivity contribution in [3.63, 3.8) is 0 Å². The number of nitrogens with zero attached hydrogens (tertiary/aromatic N) is 1. The molecule has 1 aromatic carbocycles. The molecular formula is C16H19ClN2. The lowest BCUT2D eigenvalue weighted by Crippen LogP contribution is -2.30.